The Morgan fingerprint density at radius 3 is 3.05 bits per heavy atom. The summed E-state index contributed by atoms with van der Waals surface area (Å²) in [5.41, 5.74) is 0. The third-order valence-corrected chi connectivity index (χ3v) is 4.40. The van der Waals surface area contributed by atoms with E-state index in [0.29, 0.717) is 11.8 Å². The number of amides is 2. The zero-order valence-corrected chi connectivity index (χ0v) is 11.4. The van der Waals surface area contributed by atoms with Gasteiger partial charge in [0.15, 0.2) is 0 Å². The minimum atomic E-state index is -0.0204. The van der Waals surface area contributed by atoms with Crippen molar-refractivity contribution in [3.05, 3.63) is 18.2 Å². The summed E-state index contributed by atoms with van der Waals surface area (Å²) in [7, 11) is 0. The van der Waals surface area contributed by atoms with E-state index in [1.54, 1.807) is 0 Å². The Kier molecular flexibility index (Phi) is 3.44. The molecule has 1 saturated carbocycles. The first-order valence-electron chi connectivity index (χ1n) is 7.24. The number of fused-ring (bicyclic) bond motifs is 1. The number of aryl methyl sites for hydroxylation is 1. The Morgan fingerprint density at radius 2 is 2.26 bits per heavy atom. The summed E-state index contributed by atoms with van der Waals surface area (Å²) in [5.74, 6) is 3.15. The van der Waals surface area contributed by atoms with Crippen LogP contribution < -0.4 is 10.6 Å². The summed E-state index contributed by atoms with van der Waals surface area (Å²) >= 11 is 0. The molecule has 1 fully saturated rings. The van der Waals surface area contributed by atoms with Crippen molar-refractivity contribution in [2.45, 2.75) is 32.7 Å². The van der Waals surface area contributed by atoms with E-state index in [4.69, 9.17) is 0 Å². The number of rotatable bonds is 4. The van der Waals surface area contributed by atoms with Crippen LogP contribution in [-0.4, -0.2) is 28.7 Å². The molecular formula is C14H22N4O. The summed E-state index contributed by atoms with van der Waals surface area (Å²) in [5, 5.41) is 5.94. The molecule has 1 aromatic rings. The standard InChI is InChI=1S/C14H22N4O/c1-10-6-12(10)9-17-14(19)16-8-11-2-4-18-5-3-15-13(18)7-11/h3,5,10-12H,2,4,6-9H2,1H3,(H2,16,17,19). The third kappa shape index (κ3) is 3.08. The molecule has 1 aliphatic heterocycles. The maximum absolute atomic E-state index is 11.7. The van der Waals surface area contributed by atoms with E-state index < -0.39 is 0 Å². The topological polar surface area (TPSA) is 59.0 Å². The highest BCUT2D eigenvalue weighted by Gasteiger charge is 2.32. The summed E-state index contributed by atoms with van der Waals surface area (Å²) in [4.78, 5) is 16.0. The highest BCUT2D eigenvalue weighted by molar-refractivity contribution is 5.73. The normalized spacial score (nSPS) is 28.6. The van der Waals surface area contributed by atoms with E-state index in [2.05, 4.69) is 27.1 Å². The van der Waals surface area contributed by atoms with Crippen LogP contribution in [0.3, 0.4) is 0 Å². The molecule has 2 aliphatic rings. The monoisotopic (exact) mass is 262 g/mol. The summed E-state index contributed by atoms with van der Waals surface area (Å²) in [6.45, 7) is 4.82. The molecule has 0 bridgehead atoms. The van der Waals surface area contributed by atoms with E-state index in [9.17, 15) is 4.79 Å². The van der Waals surface area contributed by atoms with E-state index >= 15 is 0 Å². The van der Waals surface area contributed by atoms with Crippen molar-refractivity contribution < 1.29 is 4.79 Å². The number of carbonyl (C=O) groups excluding carboxylic acids is 1. The van der Waals surface area contributed by atoms with Crippen molar-refractivity contribution in [3.63, 3.8) is 0 Å². The number of nitrogens with zero attached hydrogens (tertiary/aromatic N) is 2. The Hall–Kier alpha value is -1.52. The maximum atomic E-state index is 11.7. The lowest BCUT2D eigenvalue weighted by Crippen LogP contribution is -2.40. The molecule has 5 nitrogen and oxygen atoms in total. The van der Waals surface area contributed by atoms with Crippen LogP contribution in [0.25, 0.3) is 0 Å². The molecule has 3 unspecified atom stereocenters. The van der Waals surface area contributed by atoms with Gasteiger partial charge in [0.1, 0.15) is 5.82 Å². The minimum absolute atomic E-state index is 0.0204. The highest BCUT2D eigenvalue weighted by Crippen LogP contribution is 2.36. The van der Waals surface area contributed by atoms with Gasteiger partial charge in [-0.2, -0.15) is 0 Å². The third-order valence-electron chi connectivity index (χ3n) is 4.40. The largest absolute Gasteiger partial charge is 0.338 e. The molecule has 1 aliphatic carbocycles. The van der Waals surface area contributed by atoms with Crippen LogP contribution in [-0.2, 0) is 13.0 Å². The molecule has 2 N–H and O–H groups in total. The molecule has 0 radical (unpaired) electrons. The summed E-state index contributed by atoms with van der Waals surface area (Å²) < 4.78 is 2.20. The number of urea groups is 1. The van der Waals surface area contributed by atoms with Crippen molar-refractivity contribution in [2.24, 2.45) is 17.8 Å². The second-order valence-electron chi connectivity index (χ2n) is 5.96. The molecule has 1 aromatic heterocycles. The van der Waals surface area contributed by atoms with Gasteiger partial charge in [0, 0.05) is 38.4 Å². The van der Waals surface area contributed by atoms with Crippen LogP contribution >= 0.6 is 0 Å². The van der Waals surface area contributed by atoms with Gasteiger partial charge in [-0.1, -0.05) is 6.92 Å². The predicted molar refractivity (Wildman–Crippen MR) is 72.7 cm³/mol. The molecule has 5 heteroatoms. The second kappa shape index (κ2) is 5.23. The molecule has 104 valence electrons. The first-order chi connectivity index (χ1) is 9.22. The van der Waals surface area contributed by atoms with Gasteiger partial charge >= 0.3 is 6.03 Å². The van der Waals surface area contributed by atoms with Gasteiger partial charge in [0.25, 0.3) is 0 Å². The van der Waals surface area contributed by atoms with Crippen LogP contribution in [0.15, 0.2) is 12.4 Å². The average Bonchev–Trinajstić information content (AvgIpc) is 2.92. The number of nitrogens with one attached hydrogen (secondary N) is 2. The Bertz CT molecular complexity index is 456. The van der Waals surface area contributed by atoms with Gasteiger partial charge in [-0.25, -0.2) is 9.78 Å². The molecular weight excluding hydrogens is 240 g/mol. The SMILES string of the molecule is CC1CC1CNC(=O)NCC1CCn2ccnc2C1. The van der Waals surface area contributed by atoms with E-state index in [1.807, 2.05) is 12.4 Å². The van der Waals surface area contributed by atoms with Crippen molar-refractivity contribution >= 4 is 6.03 Å². The highest BCUT2D eigenvalue weighted by atomic mass is 16.2. The van der Waals surface area contributed by atoms with Gasteiger partial charge in [0.2, 0.25) is 0 Å². The molecule has 0 saturated heterocycles. The quantitative estimate of drug-likeness (QED) is 0.861. The van der Waals surface area contributed by atoms with Gasteiger partial charge in [-0.05, 0) is 30.6 Å². The summed E-state index contributed by atoms with van der Waals surface area (Å²) in [6.07, 6.45) is 7.22. The average molecular weight is 262 g/mol. The molecule has 3 rings (SSSR count). The number of carbonyl (C=O) groups is 1. The summed E-state index contributed by atoms with van der Waals surface area (Å²) in [6, 6.07) is -0.0204. The van der Waals surface area contributed by atoms with Crippen molar-refractivity contribution in [1.29, 1.82) is 0 Å². The zero-order valence-electron chi connectivity index (χ0n) is 11.4. The Morgan fingerprint density at radius 1 is 1.47 bits per heavy atom. The molecule has 0 aromatic carbocycles. The smallest absolute Gasteiger partial charge is 0.314 e. The maximum Gasteiger partial charge on any atom is 0.314 e. The molecule has 19 heavy (non-hydrogen) atoms. The predicted octanol–water partition coefficient (Wildman–Crippen LogP) is 1.40. The second-order valence-corrected chi connectivity index (χ2v) is 5.96. The molecule has 0 spiro atoms. The first-order valence-corrected chi connectivity index (χ1v) is 7.24. The van der Waals surface area contributed by atoms with E-state index in [1.165, 1.54) is 6.42 Å². The fourth-order valence-electron chi connectivity index (χ4n) is 2.80. The number of aromatic nitrogens is 2. The Balaban J connectivity index is 1.37. The number of imidazole rings is 1. The van der Waals surface area contributed by atoms with E-state index in [-0.39, 0.29) is 6.03 Å². The van der Waals surface area contributed by atoms with Crippen LogP contribution in [0.2, 0.25) is 0 Å². The van der Waals surface area contributed by atoms with Gasteiger partial charge in [-0.15, -0.1) is 0 Å². The Labute approximate surface area is 113 Å². The lowest BCUT2D eigenvalue weighted by molar-refractivity contribution is 0.236. The zero-order chi connectivity index (χ0) is 13.2. The molecule has 2 amide bonds. The van der Waals surface area contributed by atoms with Gasteiger partial charge in [-0.3, -0.25) is 0 Å². The lowest BCUT2D eigenvalue weighted by atomic mass is 9.98. The number of hydrogen-bond donors (Lipinski definition) is 2. The van der Waals surface area contributed by atoms with Crippen molar-refractivity contribution in [1.82, 2.24) is 20.2 Å². The van der Waals surface area contributed by atoms with Crippen LogP contribution in [0, 0.1) is 17.8 Å². The van der Waals surface area contributed by atoms with Crippen LogP contribution in [0.1, 0.15) is 25.6 Å². The fourth-order valence-corrected chi connectivity index (χ4v) is 2.80. The molecule has 3 atom stereocenters. The minimum Gasteiger partial charge on any atom is -0.338 e. The number of hydrogen-bond acceptors (Lipinski definition) is 2. The van der Waals surface area contributed by atoms with E-state index in [0.717, 1.165) is 44.2 Å². The van der Waals surface area contributed by atoms with Gasteiger partial charge in [0.05, 0.1) is 0 Å². The van der Waals surface area contributed by atoms with Crippen molar-refractivity contribution in [3.8, 4) is 0 Å². The van der Waals surface area contributed by atoms with Gasteiger partial charge < -0.3 is 15.2 Å². The molecule has 2 heterocycles. The lowest BCUT2D eigenvalue weighted by Gasteiger charge is -2.23. The van der Waals surface area contributed by atoms with Crippen LogP contribution in [0.4, 0.5) is 4.79 Å². The van der Waals surface area contributed by atoms with Crippen LogP contribution in [0.5, 0.6) is 0 Å². The fraction of sp³-hybridized carbons (Fsp3) is 0.714. The van der Waals surface area contributed by atoms with Crippen molar-refractivity contribution in [2.75, 3.05) is 13.1 Å². The first kappa shape index (κ1) is 12.5.